The lowest BCUT2D eigenvalue weighted by Gasteiger charge is -2.31. The van der Waals surface area contributed by atoms with Crippen molar-refractivity contribution in [1.82, 2.24) is 5.32 Å². The Morgan fingerprint density at radius 3 is 2.45 bits per heavy atom. The first kappa shape index (κ1) is 14.8. The second-order valence-electron chi connectivity index (χ2n) is 5.06. The van der Waals surface area contributed by atoms with Crippen molar-refractivity contribution in [2.24, 2.45) is 0 Å². The van der Waals surface area contributed by atoms with Gasteiger partial charge in [0.05, 0.1) is 17.0 Å². The molecule has 2 aromatic carbocycles. The molecule has 1 fully saturated rings. The van der Waals surface area contributed by atoms with Crippen LogP contribution >= 0.6 is 11.8 Å². The van der Waals surface area contributed by atoms with Crippen LogP contribution in [0, 0.1) is 5.82 Å². The average molecular weight is 315 g/mol. The van der Waals surface area contributed by atoms with E-state index in [-0.39, 0.29) is 23.3 Å². The first-order valence-corrected chi connectivity index (χ1v) is 7.96. The molecule has 0 aromatic heterocycles. The number of hydrogen-bond acceptors (Lipinski definition) is 3. The van der Waals surface area contributed by atoms with Crippen molar-refractivity contribution in [3.63, 3.8) is 0 Å². The van der Waals surface area contributed by atoms with Gasteiger partial charge in [0.2, 0.25) is 5.91 Å². The Morgan fingerprint density at radius 1 is 1.09 bits per heavy atom. The summed E-state index contributed by atoms with van der Waals surface area (Å²) in [6, 6.07) is 14.5. The van der Waals surface area contributed by atoms with Crippen molar-refractivity contribution in [3.05, 3.63) is 71.5 Å². The molecule has 1 aliphatic rings. The molecule has 3 nitrogen and oxygen atoms in total. The van der Waals surface area contributed by atoms with Crippen LogP contribution in [0.1, 0.15) is 22.0 Å². The fourth-order valence-corrected chi connectivity index (χ4v) is 3.59. The molecule has 0 radical (unpaired) electrons. The maximum Gasteiger partial charge on any atom is 0.230 e. The van der Waals surface area contributed by atoms with Gasteiger partial charge in [0.1, 0.15) is 5.82 Å². The number of Topliss-reactive ketones (excluding diaryl/α,β-unsaturated/α-hetero) is 1. The lowest BCUT2D eigenvalue weighted by Crippen LogP contribution is -2.44. The topological polar surface area (TPSA) is 46.2 Å². The minimum atomic E-state index is -0.445. The number of halogens is 1. The summed E-state index contributed by atoms with van der Waals surface area (Å²) < 4.78 is 13.1. The van der Waals surface area contributed by atoms with E-state index in [0.717, 1.165) is 5.56 Å². The van der Waals surface area contributed by atoms with Crippen LogP contribution in [0.15, 0.2) is 54.6 Å². The van der Waals surface area contributed by atoms with Crippen molar-refractivity contribution >= 4 is 23.5 Å². The number of thioether (sulfide) groups is 1. The van der Waals surface area contributed by atoms with Crippen molar-refractivity contribution < 1.29 is 14.0 Å². The van der Waals surface area contributed by atoms with E-state index in [2.05, 4.69) is 5.32 Å². The van der Waals surface area contributed by atoms with Gasteiger partial charge in [-0.05, 0) is 17.7 Å². The van der Waals surface area contributed by atoms with E-state index in [4.69, 9.17) is 0 Å². The quantitative estimate of drug-likeness (QED) is 0.886. The zero-order chi connectivity index (χ0) is 15.5. The first-order chi connectivity index (χ1) is 10.6. The van der Waals surface area contributed by atoms with Crippen LogP contribution in [-0.2, 0) is 4.79 Å². The Labute approximate surface area is 131 Å². The first-order valence-electron chi connectivity index (χ1n) is 6.91. The molecule has 112 valence electrons. The summed E-state index contributed by atoms with van der Waals surface area (Å²) in [5.41, 5.74) is 1.35. The molecule has 2 aromatic rings. The van der Waals surface area contributed by atoms with E-state index in [0.29, 0.717) is 5.56 Å². The molecule has 1 aliphatic heterocycles. The molecule has 5 heteroatoms. The van der Waals surface area contributed by atoms with Crippen LogP contribution in [-0.4, -0.2) is 22.7 Å². The Balaban J connectivity index is 1.92. The van der Waals surface area contributed by atoms with Crippen LogP contribution in [0.5, 0.6) is 0 Å². The third-order valence-electron chi connectivity index (χ3n) is 3.56. The van der Waals surface area contributed by atoms with E-state index in [1.807, 2.05) is 18.2 Å². The van der Waals surface area contributed by atoms with Gasteiger partial charge < -0.3 is 5.32 Å². The number of benzene rings is 2. The Kier molecular flexibility index (Phi) is 4.24. The predicted octanol–water partition coefficient (Wildman–Crippen LogP) is 2.98. The molecule has 1 saturated heterocycles. The molecule has 0 spiro atoms. The van der Waals surface area contributed by atoms with Crippen molar-refractivity contribution in [3.8, 4) is 0 Å². The minimum Gasteiger partial charge on any atom is -0.347 e. The standard InChI is InChI=1S/C17H14FNO2S/c18-13-8-6-11(7-9-13)15-17(22-10-14(20)19-15)16(21)12-4-2-1-3-5-12/h1-9,15,17H,10H2,(H,19,20)/t15-,17+/m1/s1. The molecule has 2 atom stereocenters. The summed E-state index contributed by atoms with van der Waals surface area (Å²) in [5.74, 6) is -0.234. The number of carbonyl (C=O) groups is 2. The largest absolute Gasteiger partial charge is 0.347 e. The highest BCUT2D eigenvalue weighted by atomic mass is 32.2. The lowest BCUT2D eigenvalue weighted by atomic mass is 9.97. The van der Waals surface area contributed by atoms with Crippen molar-refractivity contribution in [1.29, 1.82) is 0 Å². The minimum absolute atomic E-state index is 0.0278. The van der Waals surface area contributed by atoms with Crippen LogP contribution < -0.4 is 5.32 Å². The van der Waals surface area contributed by atoms with Gasteiger partial charge in [-0.3, -0.25) is 9.59 Å². The van der Waals surface area contributed by atoms with E-state index >= 15 is 0 Å². The zero-order valence-corrected chi connectivity index (χ0v) is 12.5. The SMILES string of the molecule is O=C1CS[C@H](C(=O)c2ccccc2)[C@@H](c2ccc(F)cc2)N1. The molecule has 3 rings (SSSR count). The highest BCUT2D eigenvalue weighted by Gasteiger charge is 2.35. The summed E-state index contributed by atoms with van der Waals surface area (Å²) in [4.78, 5) is 24.4. The Bertz CT molecular complexity index is 688. The van der Waals surface area contributed by atoms with E-state index in [1.54, 1.807) is 24.3 Å². The second-order valence-corrected chi connectivity index (χ2v) is 6.19. The summed E-state index contributed by atoms with van der Waals surface area (Å²) in [5, 5.41) is 2.44. The molecular weight excluding hydrogens is 301 g/mol. The van der Waals surface area contributed by atoms with Gasteiger partial charge in [-0.15, -0.1) is 11.8 Å². The van der Waals surface area contributed by atoms with Crippen molar-refractivity contribution in [2.75, 3.05) is 5.75 Å². The highest BCUT2D eigenvalue weighted by molar-refractivity contribution is 8.01. The number of hydrogen-bond donors (Lipinski definition) is 1. The third kappa shape index (κ3) is 3.04. The molecule has 1 amide bonds. The highest BCUT2D eigenvalue weighted by Crippen LogP contribution is 2.33. The van der Waals surface area contributed by atoms with Gasteiger partial charge in [0, 0.05) is 5.56 Å². The molecule has 1 N–H and O–H groups in total. The smallest absolute Gasteiger partial charge is 0.230 e. The maximum absolute atomic E-state index is 13.1. The fraction of sp³-hybridized carbons (Fsp3) is 0.176. The summed E-state index contributed by atoms with van der Waals surface area (Å²) in [6.07, 6.45) is 0. The van der Waals surface area contributed by atoms with E-state index in [1.165, 1.54) is 23.9 Å². The molecule has 1 heterocycles. The van der Waals surface area contributed by atoms with Crippen molar-refractivity contribution in [2.45, 2.75) is 11.3 Å². The molecule has 0 aliphatic carbocycles. The van der Waals surface area contributed by atoms with Crippen LogP contribution in [0.4, 0.5) is 4.39 Å². The Hall–Kier alpha value is -2.14. The zero-order valence-electron chi connectivity index (χ0n) is 11.7. The van der Waals surface area contributed by atoms with Gasteiger partial charge in [-0.25, -0.2) is 4.39 Å². The van der Waals surface area contributed by atoms with Crippen LogP contribution in [0.25, 0.3) is 0 Å². The van der Waals surface area contributed by atoms with Crippen LogP contribution in [0.3, 0.4) is 0 Å². The molecule has 0 unspecified atom stereocenters. The van der Waals surface area contributed by atoms with Crippen LogP contribution in [0.2, 0.25) is 0 Å². The predicted molar refractivity (Wildman–Crippen MR) is 84.3 cm³/mol. The maximum atomic E-state index is 13.1. The lowest BCUT2D eigenvalue weighted by molar-refractivity contribution is -0.119. The van der Waals surface area contributed by atoms with Gasteiger partial charge in [-0.1, -0.05) is 42.5 Å². The Morgan fingerprint density at radius 2 is 1.77 bits per heavy atom. The summed E-state index contributed by atoms with van der Waals surface area (Å²) in [7, 11) is 0. The monoisotopic (exact) mass is 315 g/mol. The van der Waals surface area contributed by atoms with E-state index < -0.39 is 11.3 Å². The third-order valence-corrected chi connectivity index (χ3v) is 4.83. The summed E-state index contributed by atoms with van der Waals surface area (Å²) in [6.45, 7) is 0. The number of amides is 1. The molecule has 22 heavy (non-hydrogen) atoms. The average Bonchev–Trinajstić information content (AvgIpc) is 2.56. The normalized spacial score (nSPS) is 21.2. The molecule has 0 saturated carbocycles. The van der Waals surface area contributed by atoms with Gasteiger partial charge >= 0.3 is 0 Å². The second kappa shape index (κ2) is 6.32. The number of rotatable bonds is 3. The number of carbonyl (C=O) groups excluding carboxylic acids is 2. The number of nitrogens with one attached hydrogen (secondary N) is 1. The fourth-order valence-electron chi connectivity index (χ4n) is 2.47. The van der Waals surface area contributed by atoms with Gasteiger partial charge in [0.25, 0.3) is 0 Å². The van der Waals surface area contributed by atoms with Gasteiger partial charge in [-0.2, -0.15) is 0 Å². The summed E-state index contributed by atoms with van der Waals surface area (Å²) >= 11 is 1.33. The molecular formula is C17H14FNO2S. The van der Waals surface area contributed by atoms with Gasteiger partial charge in [0.15, 0.2) is 5.78 Å². The molecule has 0 bridgehead atoms. The number of ketones is 1. The van der Waals surface area contributed by atoms with E-state index in [9.17, 15) is 14.0 Å².